The van der Waals surface area contributed by atoms with E-state index < -0.39 is 0 Å². The van der Waals surface area contributed by atoms with Crippen LogP contribution in [0.5, 0.6) is 0 Å². The Kier molecular flexibility index (Phi) is 5.41. The van der Waals surface area contributed by atoms with Gasteiger partial charge in [-0.3, -0.25) is 0 Å². The zero-order chi connectivity index (χ0) is 20.4. The summed E-state index contributed by atoms with van der Waals surface area (Å²) in [4.78, 5) is 22.5. The van der Waals surface area contributed by atoms with Crippen LogP contribution in [0, 0.1) is 0 Å². The molecule has 1 aliphatic rings. The van der Waals surface area contributed by atoms with Crippen molar-refractivity contribution in [1.29, 1.82) is 0 Å². The van der Waals surface area contributed by atoms with Crippen LogP contribution in [0.3, 0.4) is 0 Å². The molecule has 0 radical (unpaired) electrons. The second kappa shape index (κ2) is 7.99. The van der Waals surface area contributed by atoms with Gasteiger partial charge in [-0.1, -0.05) is 32.9 Å². The molecule has 0 spiro atoms. The largest absolute Gasteiger partial charge is 0.378 e. The first kappa shape index (κ1) is 19.6. The molecule has 0 aliphatic carbocycles. The van der Waals surface area contributed by atoms with Gasteiger partial charge in [0, 0.05) is 44.8 Å². The van der Waals surface area contributed by atoms with Crippen LogP contribution in [-0.2, 0) is 16.8 Å². The fraction of sp³-hybridized carbons (Fsp3) is 0.500. The number of ether oxygens (including phenoxy) is 1. The minimum Gasteiger partial charge on any atom is -0.378 e. The normalized spacial score (nSPS) is 15.7. The molecule has 1 aromatic carbocycles. The lowest BCUT2D eigenvalue weighted by Gasteiger charge is -2.25. The predicted octanol–water partition coefficient (Wildman–Crippen LogP) is 3.51. The number of hydrogen-bond donors (Lipinski definition) is 1. The van der Waals surface area contributed by atoms with Crippen molar-refractivity contribution in [2.75, 3.05) is 43.1 Å². The number of aromatic nitrogens is 4. The third-order valence-corrected chi connectivity index (χ3v) is 5.23. The lowest BCUT2D eigenvalue weighted by Crippen LogP contribution is -2.32. The van der Waals surface area contributed by atoms with Crippen LogP contribution in [0.2, 0.25) is 0 Å². The Hall–Kier alpha value is -2.67. The minimum absolute atomic E-state index is 0.106. The van der Waals surface area contributed by atoms with E-state index in [9.17, 15) is 0 Å². The summed E-state index contributed by atoms with van der Waals surface area (Å²) < 4.78 is 5.34. The summed E-state index contributed by atoms with van der Waals surface area (Å²) in [5.74, 6) is 2.80. The van der Waals surface area contributed by atoms with E-state index >= 15 is 0 Å². The molecule has 1 aliphatic heterocycles. The number of nitrogens with one attached hydrogen (secondary N) is 1. The number of benzene rings is 1. The van der Waals surface area contributed by atoms with Crippen LogP contribution in [0.25, 0.3) is 11.0 Å². The molecule has 0 atom stereocenters. The first-order chi connectivity index (χ1) is 13.9. The second-order valence-electron chi connectivity index (χ2n) is 8.63. The summed E-state index contributed by atoms with van der Waals surface area (Å²) in [5, 5.41) is 0. The highest BCUT2D eigenvalue weighted by atomic mass is 16.5. The lowest BCUT2D eigenvalue weighted by atomic mass is 9.95. The Balaban J connectivity index is 1.55. The third-order valence-electron chi connectivity index (χ3n) is 5.23. The van der Waals surface area contributed by atoms with Gasteiger partial charge in [0.25, 0.3) is 0 Å². The van der Waals surface area contributed by atoms with E-state index in [1.807, 2.05) is 18.2 Å². The zero-order valence-corrected chi connectivity index (χ0v) is 17.8. The molecular weight excluding hydrogens is 364 g/mol. The van der Waals surface area contributed by atoms with Crippen molar-refractivity contribution in [3.63, 3.8) is 0 Å². The summed E-state index contributed by atoms with van der Waals surface area (Å²) in [6, 6.07) is 10.2. The molecular formula is C22H30N6O. The first-order valence-corrected chi connectivity index (χ1v) is 10.3. The van der Waals surface area contributed by atoms with Crippen molar-refractivity contribution in [1.82, 2.24) is 19.9 Å². The number of nitrogens with zero attached hydrogens (tertiary/aromatic N) is 5. The molecule has 3 aromatic rings. The molecule has 1 fully saturated rings. The number of H-pyrrole nitrogens is 1. The summed E-state index contributed by atoms with van der Waals surface area (Å²) in [7, 11) is 1.70. The van der Waals surface area contributed by atoms with E-state index in [4.69, 9.17) is 19.7 Å². The molecule has 0 amide bonds. The molecule has 0 unspecified atom stereocenters. The van der Waals surface area contributed by atoms with Crippen molar-refractivity contribution >= 4 is 22.8 Å². The fourth-order valence-electron chi connectivity index (χ4n) is 3.65. The number of imidazole rings is 1. The van der Waals surface area contributed by atoms with Crippen LogP contribution >= 0.6 is 0 Å². The van der Waals surface area contributed by atoms with E-state index in [1.165, 1.54) is 0 Å². The molecule has 154 valence electrons. The fourth-order valence-corrected chi connectivity index (χ4v) is 3.65. The van der Waals surface area contributed by atoms with Crippen molar-refractivity contribution < 1.29 is 4.74 Å². The predicted molar refractivity (Wildman–Crippen MR) is 117 cm³/mol. The van der Waals surface area contributed by atoms with Crippen LogP contribution in [0.4, 0.5) is 11.8 Å². The maximum Gasteiger partial charge on any atom is 0.203 e. The number of fused-ring (bicyclic) bond motifs is 1. The van der Waals surface area contributed by atoms with Gasteiger partial charge in [-0.15, -0.1) is 0 Å². The molecule has 29 heavy (non-hydrogen) atoms. The van der Waals surface area contributed by atoms with Gasteiger partial charge < -0.3 is 19.5 Å². The summed E-state index contributed by atoms with van der Waals surface area (Å²) in [6.45, 7) is 10.7. The topological polar surface area (TPSA) is 70.2 Å². The van der Waals surface area contributed by atoms with Gasteiger partial charge in [0.2, 0.25) is 5.95 Å². The van der Waals surface area contributed by atoms with Crippen LogP contribution in [0.15, 0.2) is 30.3 Å². The smallest absolute Gasteiger partial charge is 0.203 e. The molecule has 1 saturated heterocycles. The third kappa shape index (κ3) is 4.34. The van der Waals surface area contributed by atoms with Crippen LogP contribution in [-0.4, -0.2) is 53.2 Å². The monoisotopic (exact) mass is 394 g/mol. The van der Waals surface area contributed by atoms with E-state index in [-0.39, 0.29) is 5.41 Å². The Morgan fingerprint density at radius 1 is 1.00 bits per heavy atom. The SMILES string of the molecule is COCc1cc(N2CCCN(c3nc4ccccc4[nH]3)CC2)nc(C(C)(C)C)n1. The highest BCUT2D eigenvalue weighted by Gasteiger charge is 2.23. The standard InChI is InChI=1S/C22H30N6O/c1-22(2,3)20-23-16(15-29-4)14-19(26-20)27-10-7-11-28(13-12-27)21-24-17-8-5-6-9-18(17)25-21/h5-6,8-9,14H,7,10-13,15H2,1-4H3,(H,24,25). The molecule has 0 bridgehead atoms. The Morgan fingerprint density at radius 3 is 2.52 bits per heavy atom. The van der Waals surface area contributed by atoms with E-state index in [0.717, 1.165) is 66.9 Å². The van der Waals surface area contributed by atoms with Gasteiger partial charge in [-0.05, 0) is 18.6 Å². The van der Waals surface area contributed by atoms with Crippen LogP contribution < -0.4 is 9.80 Å². The number of para-hydroxylation sites is 2. The maximum atomic E-state index is 5.34. The van der Waals surface area contributed by atoms with Crippen molar-refractivity contribution in [2.24, 2.45) is 0 Å². The van der Waals surface area contributed by atoms with Crippen molar-refractivity contribution in [3.8, 4) is 0 Å². The minimum atomic E-state index is -0.106. The van der Waals surface area contributed by atoms with Gasteiger partial charge in [-0.2, -0.15) is 0 Å². The average molecular weight is 395 g/mol. The summed E-state index contributed by atoms with van der Waals surface area (Å²) in [5.41, 5.74) is 2.92. The molecule has 0 saturated carbocycles. The summed E-state index contributed by atoms with van der Waals surface area (Å²) >= 11 is 0. The molecule has 4 rings (SSSR count). The molecule has 7 heteroatoms. The molecule has 2 aromatic heterocycles. The zero-order valence-electron chi connectivity index (χ0n) is 17.8. The molecule has 3 heterocycles. The van der Waals surface area contributed by atoms with Gasteiger partial charge in [-0.25, -0.2) is 15.0 Å². The Labute approximate surface area is 172 Å². The Bertz CT molecular complexity index is 944. The summed E-state index contributed by atoms with van der Waals surface area (Å²) in [6.07, 6.45) is 1.05. The van der Waals surface area contributed by atoms with Gasteiger partial charge >= 0.3 is 0 Å². The molecule has 7 nitrogen and oxygen atoms in total. The number of anilines is 2. The lowest BCUT2D eigenvalue weighted by molar-refractivity contribution is 0.181. The highest BCUT2D eigenvalue weighted by molar-refractivity contribution is 5.77. The van der Waals surface area contributed by atoms with Gasteiger partial charge in [0.15, 0.2) is 0 Å². The van der Waals surface area contributed by atoms with Crippen LogP contribution in [0.1, 0.15) is 38.7 Å². The number of rotatable bonds is 4. The maximum absolute atomic E-state index is 5.34. The number of aromatic amines is 1. The van der Waals surface area contributed by atoms with E-state index in [2.05, 4.69) is 47.7 Å². The number of methoxy groups -OCH3 is 1. The van der Waals surface area contributed by atoms with Gasteiger partial charge in [0.1, 0.15) is 11.6 Å². The van der Waals surface area contributed by atoms with Gasteiger partial charge in [0.05, 0.1) is 23.3 Å². The van der Waals surface area contributed by atoms with Crippen molar-refractivity contribution in [2.45, 2.75) is 39.2 Å². The number of hydrogen-bond acceptors (Lipinski definition) is 6. The average Bonchev–Trinajstić information content (AvgIpc) is 2.96. The van der Waals surface area contributed by atoms with E-state index in [1.54, 1.807) is 7.11 Å². The first-order valence-electron chi connectivity index (χ1n) is 10.3. The molecule has 1 N–H and O–H groups in total. The highest BCUT2D eigenvalue weighted by Crippen LogP contribution is 2.24. The van der Waals surface area contributed by atoms with E-state index in [0.29, 0.717) is 6.61 Å². The quantitative estimate of drug-likeness (QED) is 0.730. The van der Waals surface area contributed by atoms with Crippen molar-refractivity contribution in [3.05, 3.63) is 41.9 Å². The Morgan fingerprint density at radius 2 is 1.76 bits per heavy atom. The second-order valence-corrected chi connectivity index (χ2v) is 8.63.